The van der Waals surface area contributed by atoms with Gasteiger partial charge in [0.15, 0.2) is 0 Å². The van der Waals surface area contributed by atoms with Crippen LogP contribution in [0.4, 0.5) is 11.6 Å². The molecule has 0 unspecified atom stereocenters. The van der Waals surface area contributed by atoms with E-state index in [1.807, 2.05) is 24.8 Å². The number of amides is 1. The van der Waals surface area contributed by atoms with Crippen molar-refractivity contribution in [3.05, 3.63) is 40.5 Å². The van der Waals surface area contributed by atoms with Gasteiger partial charge in [-0.1, -0.05) is 40.0 Å². The van der Waals surface area contributed by atoms with Crippen LogP contribution in [0.2, 0.25) is 0 Å². The molecule has 9 nitrogen and oxygen atoms in total. The second-order valence-corrected chi connectivity index (χ2v) is 12.6. The molecule has 212 valence electrons. The number of rotatable bonds is 7. The maximum atomic E-state index is 13.7. The summed E-state index contributed by atoms with van der Waals surface area (Å²) < 4.78 is 0. The Balaban J connectivity index is 1.50. The summed E-state index contributed by atoms with van der Waals surface area (Å²) in [6, 6.07) is 1.82. The molecule has 0 spiro atoms. The van der Waals surface area contributed by atoms with Gasteiger partial charge in [0.25, 0.3) is 5.91 Å². The second-order valence-electron chi connectivity index (χ2n) is 12.6. The van der Waals surface area contributed by atoms with Crippen molar-refractivity contribution in [3.63, 3.8) is 0 Å². The molecule has 1 saturated carbocycles. The first-order valence-electron chi connectivity index (χ1n) is 14.2. The van der Waals surface area contributed by atoms with E-state index in [0.29, 0.717) is 36.6 Å². The molecule has 2 aromatic rings. The molecule has 2 aliphatic rings. The molecule has 3 heterocycles. The predicted octanol–water partition coefficient (Wildman–Crippen LogP) is 5.43. The van der Waals surface area contributed by atoms with Gasteiger partial charge >= 0.3 is 5.97 Å². The highest BCUT2D eigenvalue weighted by Crippen LogP contribution is 2.36. The number of anilines is 2. The summed E-state index contributed by atoms with van der Waals surface area (Å²) in [5, 5.41) is 13.1. The van der Waals surface area contributed by atoms with Crippen LogP contribution in [0.5, 0.6) is 0 Å². The molecule has 1 saturated heterocycles. The number of nitrogens with zero attached hydrogens (tertiary/aromatic N) is 5. The standard InChI is InChI=1S/C30H44N6O3/c1-19(2)25-26(32-17-30(7)11-9-8-10-12-30)31-16-22(34-25)27(37)36-14-13-35(18-29(36,5)6)23-15-20(3)24(28(38)39)21(4)33-23/h15-16,19H,8-14,17-18H2,1-7H3,(H,31,32)(H,38,39). The van der Waals surface area contributed by atoms with Crippen molar-refractivity contribution in [2.45, 2.75) is 92.0 Å². The molecule has 2 fully saturated rings. The lowest BCUT2D eigenvalue weighted by Crippen LogP contribution is -2.61. The van der Waals surface area contributed by atoms with Gasteiger partial charge in [-0.2, -0.15) is 0 Å². The summed E-state index contributed by atoms with van der Waals surface area (Å²) >= 11 is 0. The number of carboxylic acid groups (broad SMARTS) is 1. The quantitative estimate of drug-likeness (QED) is 0.482. The summed E-state index contributed by atoms with van der Waals surface area (Å²) in [7, 11) is 0. The number of piperazine rings is 1. The molecular formula is C30H44N6O3. The lowest BCUT2D eigenvalue weighted by molar-refractivity contribution is 0.0506. The number of carbonyl (C=O) groups excluding carboxylic acids is 1. The van der Waals surface area contributed by atoms with E-state index in [1.54, 1.807) is 20.0 Å². The number of carboxylic acids is 1. The first kappa shape index (κ1) is 28.8. The maximum absolute atomic E-state index is 13.7. The van der Waals surface area contributed by atoms with Crippen molar-refractivity contribution >= 4 is 23.5 Å². The average molecular weight is 537 g/mol. The lowest BCUT2D eigenvalue weighted by atomic mass is 9.76. The molecule has 0 atom stereocenters. The zero-order valence-corrected chi connectivity index (χ0v) is 24.6. The van der Waals surface area contributed by atoms with Crippen LogP contribution < -0.4 is 10.2 Å². The first-order valence-corrected chi connectivity index (χ1v) is 14.2. The van der Waals surface area contributed by atoms with E-state index >= 15 is 0 Å². The molecule has 2 aromatic heterocycles. The van der Waals surface area contributed by atoms with Crippen LogP contribution >= 0.6 is 0 Å². The highest BCUT2D eigenvalue weighted by atomic mass is 16.4. The molecule has 0 radical (unpaired) electrons. The van der Waals surface area contributed by atoms with E-state index in [9.17, 15) is 14.7 Å². The van der Waals surface area contributed by atoms with E-state index in [2.05, 4.69) is 36.0 Å². The Morgan fingerprint density at radius 3 is 2.36 bits per heavy atom. The Morgan fingerprint density at radius 1 is 1.08 bits per heavy atom. The van der Waals surface area contributed by atoms with Gasteiger partial charge in [-0.3, -0.25) is 4.79 Å². The average Bonchev–Trinajstić information content (AvgIpc) is 2.86. The molecule has 0 aromatic carbocycles. The highest BCUT2D eigenvalue weighted by Gasteiger charge is 2.39. The summed E-state index contributed by atoms with van der Waals surface area (Å²) in [6.07, 6.45) is 7.93. The number of carbonyl (C=O) groups is 2. The fraction of sp³-hybridized carbons (Fsp3) is 0.633. The van der Waals surface area contributed by atoms with Crippen molar-refractivity contribution in [2.75, 3.05) is 36.4 Å². The molecule has 1 aliphatic heterocycles. The molecule has 1 aliphatic carbocycles. The fourth-order valence-corrected chi connectivity index (χ4v) is 6.09. The van der Waals surface area contributed by atoms with E-state index < -0.39 is 11.5 Å². The van der Waals surface area contributed by atoms with Crippen LogP contribution in [0.25, 0.3) is 0 Å². The monoisotopic (exact) mass is 536 g/mol. The number of nitrogens with one attached hydrogen (secondary N) is 1. The molecule has 1 amide bonds. The van der Waals surface area contributed by atoms with Crippen molar-refractivity contribution in [2.24, 2.45) is 5.41 Å². The molecule has 2 N–H and O–H groups in total. The van der Waals surface area contributed by atoms with Gasteiger partial charge < -0.3 is 20.2 Å². The van der Waals surface area contributed by atoms with E-state index in [-0.39, 0.29) is 22.8 Å². The Labute approximate surface area is 232 Å². The minimum absolute atomic E-state index is 0.124. The maximum Gasteiger partial charge on any atom is 0.337 e. The van der Waals surface area contributed by atoms with Crippen LogP contribution in [0, 0.1) is 19.3 Å². The minimum atomic E-state index is -0.967. The van der Waals surface area contributed by atoms with Gasteiger partial charge in [-0.15, -0.1) is 0 Å². The third-order valence-electron chi connectivity index (χ3n) is 8.38. The Bertz CT molecular complexity index is 1210. The molecule has 0 bridgehead atoms. The third-order valence-corrected chi connectivity index (χ3v) is 8.38. The van der Waals surface area contributed by atoms with Gasteiger partial charge in [0.05, 0.1) is 28.7 Å². The molecule has 9 heteroatoms. The predicted molar refractivity (Wildman–Crippen MR) is 154 cm³/mol. The summed E-state index contributed by atoms with van der Waals surface area (Å²) in [5.41, 5.74) is 2.40. The van der Waals surface area contributed by atoms with Crippen LogP contribution in [-0.4, -0.2) is 68.6 Å². The Hall–Kier alpha value is -3.23. The number of hydrogen-bond donors (Lipinski definition) is 2. The fourth-order valence-electron chi connectivity index (χ4n) is 6.09. The Kier molecular flexibility index (Phi) is 8.19. The Morgan fingerprint density at radius 2 is 1.77 bits per heavy atom. The summed E-state index contributed by atoms with van der Waals surface area (Å²) in [4.78, 5) is 43.4. The van der Waals surface area contributed by atoms with Gasteiger partial charge in [-0.05, 0) is 63.5 Å². The van der Waals surface area contributed by atoms with E-state index in [4.69, 9.17) is 9.97 Å². The zero-order chi connectivity index (χ0) is 28.5. The molecular weight excluding hydrogens is 492 g/mol. The topological polar surface area (TPSA) is 112 Å². The number of aromatic nitrogens is 3. The van der Waals surface area contributed by atoms with Crippen molar-refractivity contribution in [1.29, 1.82) is 0 Å². The van der Waals surface area contributed by atoms with Crippen molar-refractivity contribution in [3.8, 4) is 0 Å². The smallest absolute Gasteiger partial charge is 0.337 e. The highest BCUT2D eigenvalue weighted by molar-refractivity contribution is 5.93. The first-order chi connectivity index (χ1) is 18.3. The largest absolute Gasteiger partial charge is 0.478 e. The molecule has 4 rings (SSSR count). The SMILES string of the molecule is Cc1cc(N2CCN(C(=O)c3cnc(NCC4(C)CCCCC4)c(C(C)C)n3)C(C)(C)C2)nc(C)c1C(=O)O. The lowest BCUT2D eigenvalue weighted by Gasteiger charge is -2.47. The van der Waals surface area contributed by atoms with Crippen LogP contribution in [0.15, 0.2) is 12.3 Å². The normalized spacial score (nSPS) is 18.8. The van der Waals surface area contributed by atoms with Crippen molar-refractivity contribution < 1.29 is 14.7 Å². The van der Waals surface area contributed by atoms with E-state index in [1.165, 1.54) is 32.1 Å². The van der Waals surface area contributed by atoms with Crippen LogP contribution in [-0.2, 0) is 0 Å². The van der Waals surface area contributed by atoms with E-state index in [0.717, 1.165) is 23.9 Å². The zero-order valence-electron chi connectivity index (χ0n) is 24.6. The molecule has 39 heavy (non-hydrogen) atoms. The van der Waals surface area contributed by atoms with Crippen molar-refractivity contribution in [1.82, 2.24) is 19.9 Å². The van der Waals surface area contributed by atoms with Gasteiger partial charge in [-0.25, -0.2) is 19.7 Å². The van der Waals surface area contributed by atoms with Crippen LogP contribution in [0.1, 0.15) is 110 Å². The van der Waals surface area contributed by atoms with Gasteiger partial charge in [0.2, 0.25) is 0 Å². The number of pyridine rings is 1. The number of aryl methyl sites for hydroxylation is 2. The summed E-state index contributed by atoms with van der Waals surface area (Å²) in [5.74, 6) is 0.550. The van der Waals surface area contributed by atoms with Gasteiger partial charge in [0, 0.05) is 26.2 Å². The number of hydrogen-bond acceptors (Lipinski definition) is 7. The number of aromatic carboxylic acids is 1. The van der Waals surface area contributed by atoms with Gasteiger partial charge in [0.1, 0.15) is 17.3 Å². The van der Waals surface area contributed by atoms with Crippen LogP contribution in [0.3, 0.4) is 0 Å². The second kappa shape index (κ2) is 11.1. The summed E-state index contributed by atoms with van der Waals surface area (Å²) in [6.45, 7) is 16.7. The third kappa shape index (κ3) is 6.17. The minimum Gasteiger partial charge on any atom is -0.478 e.